The van der Waals surface area contributed by atoms with Gasteiger partial charge in [0.1, 0.15) is 5.60 Å². The third-order valence-electron chi connectivity index (χ3n) is 3.77. The number of carbonyl (C=O) groups excluding carboxylic acids is 1. The maximum atomic E-state index is 12.5. The summed E-state index contributed by atoms with van der Waals surface area (Å²) >= 11 is 1.48. The van der Waals surface area contributed by atoms with Crippen molar-refractivity contribution in [2.24, 2.45) is 0 Å². The molecule has 2 heterocycles. The fraction of sp³-hybridized carbons (Fsp3) is 0.235. The summed E-state index contributed by atoms with van der Waals surface area (Å²) in [5.41, 5.74) is 1.34. The first-order chi connectivity index (χ1) is 10.5. The number of nitrogens with one attached hydrogen (secondary N) is 2. The summed E-state index contributed by atoms with van der Waals surface area (Å²) in [6, 6.07) is 11.5. The van der Waals surface area contributed by atoms with Crippen molar-refractivity contribution in [1.29, 1.82) is 0 Å². The predicted molar refractivity (Wildman–Crippen MR) is 89.3 cm³/mol. The molecule has 4 nitrogen and oxygen atoms in total. The van der Waals surface area contributed by atoms with Crippen LogP contribution in [0, 0.1) is 6.92 Å². The molecule has 2 aromatic heterocycles. The summed E-state index contributed by atoms with van der Waals surface area (Å²) in [5, 5.41) is 16.1. The van der Waals surface area contributed by atoms with Crippen molar-refractivity contribution in [3.05, 3.63) is 57.9 Å². The van der Waals surface area contributed by atoms with Gasteiger partial charge in [-0.3, -0.25) is 4.79 Å². The maximum Gasteiger partial charge on any atom is 0.253 e. The summed E-state index contributed by atoms with van der Waals surface area (Å²) in [6.07, 6.45) is 0. The molecule has 0 radical (unpaired) electrons. The normalized spacial score (nSPS) is 14.0. The number of aromatic nitrogens is 1. The fourth-order valence-corrected chi connectivity index (χ4v) is 3.37. The van der Waals surface area contributed by atoms with Crippen LogP contribution >= 0.6 is 11.3 Å². The van der Waals surface area contributed by atoms with E-state index >= 15 is 0 Å². The molecule has 0 spiro atoms. The Hall–Kier alpha value is -2.11. The lowest BCUT2D eigenvalue weighted by Crippen LogP contribution is -2.38. The Morgan fingerprint density at radius 1 is 1.32 bits per heavy atom. The van der Waals surface area contributed by atoms with Gasteiger partial charge in [0.25, 0.3) is 5.91 Å². The average molecular weight is 314 g/mol. The zero-order valence-corrected chi connectivity index (χ0v) is 13.3. The number of para-hydroxylation sites is 1. The van der Waals surface area contributed by atoms with E-state index in [1.54, 1.807) is 6.92 Å². The summed E-state index contributed by atoms with van der Waals surface area (Å²) in [4.78, 5) is 16.6. The first kappa shape index (κ1) is 14.8. The predicted octanol–water partition coefficient (Wildman–Crippen LogP) is 3.18. The van der Waals surface area contributed by atoms with E-state index < -0.39 is 5.60 Å². The van der Waals surface area contributed by atoms with Gasteiger partial charge in [-0.1, -0.05) is 24.3 Å². The van der Waals surface area contributed by atoms with Crippen LogP contribution in [0.5, 0.6) is 0 Å². The molecule has 1 atom stereocenters. The molecule has 0 bridgehead atoms. The van der Waals surface area contributed by atoms with Gasteiger partial charge < -0.3 is 15.4 Å². The van der Waals surface area contributed by atoms with Crippen molar-refractivity contribution in [3.63, 3.8) is 0 Å². The quantitative estimate of drug-likeness (QED) is 0.692. The van der Waals surface area contributed by atoms with Gasteiger partial charge in [-0.15, -0.1) is 11.3 Å². The highest BCUT2D eigenvalue weighted by atomic mass is 32.1. The summed E-state index contributed by atoms with van der Waals surface area (Å²) in [6.45, 7) is 3.76. The second-order valence-electron chi connectivity index (χ2n) is 5.60. The monoisotopic (exact) mass is 314 g/mol. The van der Waals surface area contributed by atoms with E-state index in [4.69, 9.17) is 0 Å². The van der Waals surface area contributed by atoms with Crippen LogP contribution in [0.3, 0.4) is 0 Å². The molecule has 114 valence electrons. The number of rotatable bonds is 4. The number of thiophene rings is 1. The maximum absolute atomic E-state index is 12.5. The number of amides is 1. The van der Waals surface area contributed by atoms with Gasteiger partial charge in [-0.25, -0.2) is 0 Å². The zero-order valence-electron chi connectivity index (χ0n) is 12.5. The van der Waals surface area contributed by atoms with Crippen molar-refractivity contribution >= 4 is 28.1 Å². The second-order valence-corrected chi connectivity index (χ2v) is 6.55. The minimum Gasteiger partial charge on any atom is -0.383 e. The first-order valence-corrected chi connectivity index (χ1v) is 7.99. The third kappa shape index (κ3) is 2.65. The van der Waals surface area contributed by atoms with Crippen LogP contribution in [0.25, 0.3) is 10.9 Å². The van der Waals surface area contributed by atoms with Crippen LogP contribution in [0.4, 0.5) is 0 Å². The lowest BCUT2D eigenvalue weighted by atomic mass is 10.0. The highest BCUT2D eigenvalue weighted by molar-refractivity contribution is 7.10. The highest BCUT2D eigenvalue weighted by Gasteiger charge is 2.26. The van der Waals surface area contributed by atoms with Crippen LogP contribution in [0.1, 0.15) is 27.9 Å². The molecule has 1 unspecified atom stereocenters. The molecule has 0 fully saturated rings. The standard InChI is InChI=1S/C17H18N2O2S/c1-11-15(12-6-3-4-7-13(12)19-11)16(20)18-10-17(2,21)14-8-5-9-22-14/h3-9,19,21H,10H2,1-2H3,(H,18,20). The average Bonchev–Trinajstić information content (AvgIpc) is 3.12. The number of aryl methyl sites for hydroxylation is 1. The molecule has 0 aliphatic heterocycles. The van der Waals surface area contributed by atoms with Gasteiger partial charge in [0, 0.05) is 21.5 Å². The lowest BCUT2D eigenvalue weighted by molar-refractivity contribution is 0.0557. The van der Waals surface area contributed by atoms with Crippen molar-refractivity contribution in [1.82, 2.24) is 10.3 Å². The molecule has 0 saturated heterocycles. The molecule has 0 aliphatic rings. The van der Waals surface area contributed by atoms with E-state index in [1.807, 2.05) is 48.7 Å². The smallest absolute Gasteiger partial charge is 0.253 e. The number of fused-ring (bicyclic) bond motifs is 1. The van der Waals surface area contributed by atoms with Crippen LogP contribution in [0.15, 0.2) is 41.8 Å². The SMILES string of the molecule is Cc1[nH]c2ccccc2c1C(=O)NCC(C)(O)c1cccs1. The van der Waals surface area contributed by atoms with Gasteiger partial charge >= 0.3 is 0 Å². The van der Waals surface area contributed by atoms with Crippen LogP contribution in [-0.2, 0) is 5.60 Å². The Morgan fingerprint density at radius 2 is 2.09 bits per heavy atom. The van der Waals surface area contributed by atoms with E-state index in [-0.39, 0.29) is 12.5 Å². The Kier molecular flexibility index (Phi) is 3.76. The molecule has 3 rings (SSSR count). The van der Waals surface area contributed by atoms with E-state index in [9.17, 15) is 9.90 Å². The molecule has 5 heteroatoms. The first-order valence-electron chi connectivity index (χ1n) is 7.11. The topological polar surface area (TPSA) is 65.1 Å². The molecule has 22 heavy (non-hydrogen) atoms. The number of hydrogen-bond donors (Lipinski definition) is 3. The van der Waals surface area contributed by atoms with Gasteiger partial charge in [0.15, 0.2) is 0 Å². The van der Waals surface area contributed by atoms with E-state index in [2.05, 4.69) is 10.3 Å². The minimum absolute atomic E-state index is 0.172. The minimum atomic E-state index is -1.07. The molecular weight excluding hydrogens is 296 g/mol. The van der Waals surface area contributed by atoms with Crippen molar-refractivity contribution < 1.29 is 9.90 Å². The van der Waals surface area contributed by atoms with Gasteiger partial charge in [-0.05, 0) is 31.4 Å². The fourth-order valence-electron chi connectivity index (χ4n) is 2.58. The van der Waals surface area contributed by atoms with Gasteiger partial charge in [0.2, 0.25) is 0 Å². The Labute approximate surface area is 132 Å². The largest absolute Gasteiger partial charge is 0.383 e. The summed E-state index contributed by atoms with van der Waals surface area (Å²) < 4.78 is 0. The molecule has 0 aliphatic carbocycles. The number of H-pyrrole nitrogens is 1. The molecule has 3 N–H and O–H groups in total. The molecule has 1 aromatic carbocycles. The van der Waals surface area contributed by atoms with Gasteiger partial charge in [-0.2, -0.15) is 0 Å². The molecule has 3 aromatic rings. The second kappa shape index (κ2) is 5.59. The highest BCUT2D eigenvalue weighted by Crippen LogP contribution is 2.25. The summed E-state index contributed by atoms with van der Waals surface area (Å²) in [5.74, 6) is -0.174. The van der Waals surface area contributed by atoms with Crippen LogP contribution in [-0.4, -0.2) is 22.5 Å². The Morgan fingerprint density at radius 3 is 2.82 bits per heavy atom. The number of aliphatic hydroxyl groups is 1. The number of carbonyl (C=O) groups is 1. The van der Waals surface area contributed by atoms with Gasteiger partial charge in [0.05, 0.1) is 12.1 Å². The molecule has 1 amide bonds. The van der Waals surface area contributed by atoms with Crippen molar-refractivity contribution in [2.45, 2.75) is 19.4 Å². The molecular formula is C17H18N2O2S. The van der Waals surface area contributed by atoms with Crippen molar-refractivity contribution in [2.75, 3.05) is 6.54 Å². The van der Waals surface area contributed by atoms with Crippen LogP contribution < -0.4 is 5.32 Å². The Bertz CT molecular complexity index is 803. The Balaban J connectivity index is 1.81. The lowest BCUT2D eigenvalue weighted by Gasteiger charge is -2.22. The van der Waals surface area contributed by atoms with Crippen molar-refractivity contribution in [3.8, 4) is 0 Å². The van der Waals surface area contributed by atoms with E-state index in [0.29, 0.717) is 5.56 Å². The van der Waals surface area contributed by atoms with E-state index in [1.165, 1.54) is 11.3 Å². The van der Waals surface area contributed by atoms with Crippen LogP contribution in [0.2, 0.25) is 0 Å². The summed E-state index contributed by atoms with van der Waals surface area (Å²) in [7, 11) is 0. The third-order valence-corrected chi connectivity index (χ3v) is 4.89. The number of aromatic amines is 1. The van der Waals surface area contributed by atoms with E-state index in [0.717, 1.165) is 21.5 Å². The molecule has 0 saturated carbocycles. The zero-order chi connectivity index (χ0) is 15.7. The number of benzene rings is 1. The number of hydrogen-bond acceptors (Lipinski definition) is 3.